The van der Waals surface area contributed by atoms with Gasteiger partial charge in [0.2, 0.25) is 0 Å². The first kappa shape index (κ1) is 30.6. The Bertz CT molecular complexity index is 3150. The lowest BCUT2D eigenvalue weighted by atomic mass is 9.80. The van der Waals surface area contributed by atoms with Crippen molar-refractivity contribution in [2.45, 2.75) is 45.4 Å². The summed E-state index contributed by atoms with van der Waals surface area (Å²) in [5.41, 5.74) is 12.0. The molecule has 11 rings (SSSR count). The van der Waals surface area contributed by atoms with E-state index in [2.05, 4.69) is 186 Å². The van der Waals surface area contributed by atoms with E-state index in [4.69, 9.17) is 0 Å². The molecule has 0 atom stereocenters. The Hall–Kier alpha value is -5.98. The number of benzene rings is 10. The molecule has 0 radical (unpaired) electrons. The molecule has 0 N–H and O–H groups in total. The van der Waals surface area contributed by atoms with E-state index in [-0.39, 0.29) is 10.8 Å². The molecule has 0 saturated carbocycles. The number of fused-ring (bicyclic) bond motifs is 8. The van der Waals surface area contributed by atoms with Crippen LogP contribution in [0.5, 0.6) is 0 Å². The minimum atomic E-state index is -0.146. The summed E-state index contributed by atoms with van der Waals surface area (Å²) in [5.74, 6) is 0. The van der Waals surface area contributed by atoms with E-state index in [0.717, 1.165) is 0 Å². The van der Waals surface area contributed by atoms with E-state index in [0.29, 0.717) is 0 Å². The predicted octanol–water partition coefficient (Wildman–Crippen LogP) is 15.0. The minimum absolute atomic E-state index is 0.101. The van der Waals surface area contributed by atoms with Crippen molar-refractivity contribution in [2.75, 3.05) is 0 Å². The average molecular weight is 677 g/mol. The van der Waals surface area contributed by atoms with Crippen molar-refractivity contribution in [3.05, 3.63) is 168 Å². The van der Waals surface area contributed by atoms with E-state index >= 15 is 0 Å². The second-order valence-corrected chi connectivity index (χ2v) is 16.9. The second-order valence-electron chi connectivity index (χ2n) is 16.9. The van der Waals surface area contributed by atoms with Crippen LogP contribution < -0.4 is 0 Å². The van der Waals surface area contributed by atoms with Crippen LogP contribution in [0.2, 0.25) is 0 Å². The van der Waals surface area contributed by atoms with Crippen molar-refractivity contribution in [3.63, 3.8) is 0 Å². The van der Waals surface area contributed by atoms with Gasteiger partial charge < -0.3 is 0 Å². The summed E-state index contributed by atoms with van der Waals surface area (Å²) in [6, 6.07) is 57.9. The number of hydrogen-bond donors (Lipinski definition) is 0. The largest absolute Gasteiger partial charge is 0.0616 e. The molecule has 0 nitrogen and oxygen atoms in total. The summed E-state index contributed by atoms with van der Waals surface area (Å²) >= 11 is 0. The first-order valence-corrected chi connectivity index (χ1v) is 19.0. The van der Waals surface area contributed by atoms with Gasteiger partial charge in [0, 0.05) is 5.41 Å². The van der Waals surface area contributed by atoms with Gasteiger partial charge in [-0.2, -0.15) is 0 Å². The smallest absolute Gasteiger partial charge is 0.0159 e. The molecule has 1 aliphatic rings. The van der Waals surface area contributed by atoms with Crippen molar-refractivity contribution >= 4 is 64.6 Å². The van der Waals surface area contributed by atoms with Crippen LogP contribution in [0.1, 0.15) is 51.3 Å². The summed E-state index contributed by atoms with van der Waals surface area (Å²) in [7, 11) is 0. The molecule has 10 aromatic rings. The molecule has 0 bridgehead atoms. The van der Waals surface area contributed by atoms with Crippen LogP contribution in [-0.2, 0) is 10.8 Å². The molecule has 0 amide bonds. The van der Waals surface area contributed by atoms with Crippen molar-refractivity contribution in [1.29, 1.82) is 0 Å². The number of rotatable bonds is 2. The zero-order valence-corrected chi connectivity index (χ0v) is 30.9. The maximum Gasteiger partial charge on any atom is 0.0159 e. The van der Waals surface area contributed by atoms with E-state index in [9.17, 15) is 0 Å². The Balaban J connectivity index is 1.05. The Morgan fingerprint density at radius 1 is 0.358 bits per heavy atom. The van der Waals surface area contributed by atoms with Gasteiger partial charge in [0.1, 0.15) is 0 Å². The first-order chi connectivity index (χ1) is 25.6. The quantitative estimate of drug-likeness (QED) is 0.160. The highest BCUT2D eigenvalue weighted by atomic mass is 14.4. The van der Waals surface area contributed by atoms with Gasteiger partial charge >= 0.3 is 0 Å². The van der Waals surface area contributed by atoms with E-state index in [1.807, 2.05) is 0 Å². The van der Waals surface area contributed by atoms with Crippen LogP contribution in [0.15, 0.2) is 152 Å². The SMILES string of the molecule is CC(C)(C)c1cc2ccc3ccc(-c4ccc5c(c4)C(C)(C)c4cc(-c6cc7ccc8ccccc8c7c7ccccc67)ccc4-5)c4ccc(c1)c2c34. The van der Waals surface area contributed by atoms with E-state index in [1.165, 1.54) is 115 Å². The van der Waals surface area contributed by atoms with Crippen molar-refractivity contribution < 1.29 is 0 Å². The molecule has 1 aliphatic carbocycles. The lowest BCUT2D eigenvalue weighted by molar-refractivity contribution is 0.591. The average Bonchev–Trinajstić information content (AvgIpc) is 3.40. The molecule has 0 aromatic heterocycles. The topological polar surface area (TPSA) is 0 Å². The van der Waals surface area contributed by atoms with Gasteiger partial charge in [0.05, 0.1) is 0 Å². The van der Waals surface area contributed by atoms with E-state index < -0.39 is 0 Å². The fourth-order valence-corrected chi connectivity index (χ4v) is 9.69. The maximum atomic E-state index is 2.48. The molecule has 10 aromatic carbocycles. The summed E-state index contributed by atoms with van der Waals surface area (Å²) < 4.78 is 0. The highest BCUT2D eigenvalue weighted by molar-refractivity contribution is 6.26. The van der Waals surface area contributed by atoms with Crippen LogP contribution in [0, 0.1) is 0 Å². The minimum Gasteiger partial charge on any atom is -0.0616 e. The molecule has 252 valence electrons. The van der Waals surface area contributed by atoms with Crippen LogP contribution in [0.4, 0.5) is 0 Å². The predicted molar refractivity (Wildman–Crippen MR) is 230 cm³/mol. The monoisotopic (exact) mass is 676 g/mol. The molecule has 0 heteroatoms. The standard InChI is InChI=1S/C53H40/c1-52(2,3)38-26-35-17-15-32-18-22-39(45-25-21-36(27-38)49(35)51(32)45)33-19-23-42-43-24-20-34(30-48(43)53(4,5)47(42)29-33)46-28-37-16-14-31-10-6-7-11-40(31)50(37)44-13-9-8-12-41(44)46/h6-30H,1-5H3. The molecule has 0 saturated heterocycles. The van der Waals surface area contributed by atoms with Gasteiger partial charge in [-0.1, -0.05) is 168 Å². The van der Waals surface area contributed by atoms with Crippen LogP contribution >= 0.6 is 0 Å². The molecule has 0 fully saturated rings. The van der Waals surface area contributed by atoms with Crippen molar-refractivity contribution in [2.24, 2.45) is 0 Å². The number of hydrogen-bond acceptors (Lipinski definition) is 0. The lowest BCUT2D eigenvalue weighted by Crippen LogP contribution is -2.15. The fraction of sp³-hybridized carbons (Fsp3) is 0.132. The van der Waals surface area contributed by atoms with Gasteiger partial charge in [-0.15, -0.1) is 0 Å². The maximum absolute atomic E-state index is 2.48. The van der Waals surface area contributed by atoms with Gasteiger partial charge in [-0.05, 0) is 138 Å². The van der Waals surface area contributed by atoms with E-state index in [1.54, 1.807) is 0 Å². The molecule has 0 spiro atoms. The molecular weight excluding hydrogens is 637 g/mol. The Morgan fingerprint density at radius 3 is 1.58 bits per heavy atom. The van der Waals surface area contributed by atoms with Crippen molar-refractivity contribution in [3.8, 4) is 33.4 Å². The summed E-state index contributed by atoms with van der Waals surface area (Å²) in [6.45, 7) is 11.7. The third-order valence-electron chi connectivity index (χ3n) is 12.5. The Kier molecular flexibility index (Phi) is 6.10. The van der Waals surface area contributed by atoms with Crippen LogP contribution in [0.3, 0.4) is 0 Å². The van der Waals surface area contributed by atoms with Crippen molar-refractivity contribution in [1.82, 2.24) is 0 Å². The zero-order valence-electron chi connectivity index (χ0n) is 30.9. The summed E-state index contributed by atoms with van der Waals surface area (Å²) in [4.78, 5) is 0. The molecule has 0 aliphatic heterocycles. The zero-order chi connectivity index (χ0) is 35.8. The third-order valence-corrected chi connectivity index (χ3v) is 12.5. The van der Waals surface area contributed by atoms with Gasteiger partial charge in [0.15, 0.2) is 0 Å². The first-order valence-electron chi connectivity index (χ1n) is 19.0. The highest BCUT2D eigenvalue weighted by Crippen LogP contribution is 2.52. The Morgan fingerprint density at radius 2 is 0.887 bits per heavy atom. The second kappa shape index (κ2) is 10.6. The molecule has 53 heavy (non-hydrogen) atoms. The van der Waals surface area contributed by atoms with Crippen LogP contribution in [-0.4, -0.2) is 0 Å². The van der Waals surface area contributed by atoms with Gasteiger partial charge in [-0.25, -0.2) is 0 Å². The Labute approximate surface area is 310 Å². The molecule has 0 unspecified atom stereocenters. The summed E-state index contributed by atoms with van der Waals surface area (Å²) in [6.07, 6.45) is 0. The fourth-order valence-electron chi connectivity index (χ4n) is 9.69. The highest BCUT2D eigenvalue weighted by Gasteiger charge is 2.36. The van der Waals surface area contributed by atoms with Crippen LogP contribution in [0.25, 0.3) is 98.0 Å². The summed E-state index contributed by atoms with van der Waals surface area (Å²) in [5, 5.41) is 15.9. The lowest BCUT2D eigenvalue weighted by Gasteiger charge is -2.23. The molecule has 0 heterocycles. The van der Waals surface area contributed by atoms with Gasteiger partial charge in [-0.3, -0.25) is 0 Å². The van der Waals surface area contributed by atoms with Gasteiger partial charge in [0.25, 0.3) is 0 Å². The molecular formula is C53H40. The normalized spacial score (nSPS) is 13.9. The third kappa shape index (κ3) is 4.30.